The molecule has 1 N–H and O–H groups in total. The molecule has 19 heavy (non-hydrogen) atoms. The molecule has 1 aliphatic heterocycles. The number of benzene rings is 1. The summed E-state index contributed by atoms with van der Waals surface area (Å²) in [4.78, 5) is 1.99. The smallest absolute Gasteiger partial charge is 0.150 e. The van der Waals surface area contributed by atoms with E-state index in [0.717, 1.165) is 32.1 Å². The number of nitrogens with one attached hydrogen (secondary N) is 1. The van der Waals surface area contributed by atoms with Crippen molar-refractivity contribution >= 4 is 21.6 Å². The van der Waals surface area contributed by atoms with Gasteiger partial charge in [0.2, 0.25) is 0 Å². The molecule has 0 aliphatic carbocycles. The molecule has 0 aromatic heterocycles. The lowest BCUT2D eigenvalue weighted by atomic mass is 10.0. The fourth-order valence-electron chi connectivity index (χ4n) is 2.59. The summed E-state index contributed by atoms with van der Waals surface area (Å²) in [6.45, 7) is 6.65. The summed E-state index contributed by atoms with van der Waals surface area (Å²) in [5.74, 6) is -0.460. The molecule has 0 spiro atoms. The van der Waals surface area contributed by atoms with Crippen LogP contribution in [0.4, 0.5) is 14.5 Å². The van der Waals surface area contributed by atoms with Gasteiger partial charge in [-0.2, -0.15) is 0 Å². The lowest BCUT2D eigenvalue weighted by Gasteiger charge is -2.36. The van der Waals surface area contributed by atoms with Gasteiger partial charge in [0.1, 0.15) is 5.82 Å². The zero-order chi connectivity index (χ0) is 14.0. The molecular formula is C14H19BrF2N2. The van der Waals surface area contributed by atoms with E-state index in [9.17, 15) is 8.78 Å². The number of halogens is 3. The van der Waals surface area contributed by atoms with Crippen LogP contribution in [0.3, 0.4) is 0 Å². The Morgan fingerprint density at radius 3 is 2.79 bits per heavy atom. The van der Waals surface area contributed by atoms with Crippen LogP contribution in [-0.2, 0) is 0 Å². The van der Waals surface area contributed by atoms with Crippen LogP contribution in [0.5, 0.6) is 0 Å². The molecule has 1 heterocycles. The zero-order valence-corrected chi connectivity index (χ0v) is 12.8. The van der Waals surface area contributed by atoms with E-state index in [0.29, 0.717) is 22.1 Å². The molecule has 1 aromatic rings. The van der Waals surface area contributed by atoms with Gasteiger partial charge < -0.3 is 10.2 Å². The standard InChI is InChI=1S/C14H19BrF2N2/c1-9(2)5-11-8-19(4-3-18-11)14-12(15)6-10(16)7-13(14)17/h6-7,9,11,18H,3-5,8H2,1-2H3. The van der Waals surface area contributed by atoms with E-state index in [4.69, 9.17) is 0 Å². The molecule has 1 fully saturated rings. The summed E-state index contributed by atoms with van der Waals surface area (Å²) < 4.78 is 27.6. The maximum atomic E-state index is 14.0. The Balaban J connectivity index is 2.17. The van der Waals surface area contributed by atoms with Gasteiger partial charge in [0.05, 0.1) is 5.69 Å². The van der Waals surface area contributed by atoms with Gasteiger partial charge in [-0.05, 0) is 34.3 Å². The molecule has 0 bridgehead atoms. The largest absolute Gasteiger partial charge is 0.365 e. The fraction of sp³-hybridized carbons (Fsp3) is 0.571. The van der Waals surface area contributed by atoms with Crippen LogP contribution < -0.4 is 10.2 Å². The maximum Gasteiger partial charge on any atom is 0.150 e. The first-order chi connectivity index (χ1) is 8.97. The van der Waals surface area contributed by atoms with Gasteiger partial charge in [-0.15, -0.1) is 0 Å². The average molecular weight is 333 g/mol. The van der Waals surface area contributed by atoms with E-state index in [1.165, 1.54) is 6.07 Å². The van der Waals surface area contributed by atoms with Crippen molar-refractivity contribution in [3.8, 4) is 0 Å². The molecule has 5 heteroatoms. The minimum atomic E-state index is -0.554. The van der Waals surface area contributed by atoms with E-state index >= 15 is 0 Å². The zero-order valence-electron chi connectivity index (χ0n) is 11.2. The van der Waals surface area contributed by atoms with E-state index in [-0.39, 0.29) is 0 Å². The van der Waals surface area contributed by atoms with Gasteiger partial charge in [0.25, 0.3) is 0 Å². The number of hydrogen-bond acceptors (Lipinski definition) is 2. The highest BCUT2D eigenvalue weighted by molar-refractivity contribution is 9.10. The number of hydrogen-bond donors (Lipinski definition) is 1. The van der Waals surface area contributed by atoms with Crippen molar-refractivity contribution in [2.24, 2.45) is 5.92 Å². The minimum absolute atomic E-state index is 0.352. The van der Waals surface area contributed by atoms with Crippen molar-refractivity contribution in [1.29, 1.82) is 0 Å². The third-order valence-electron chi connectivity index (χ3n) is 3.31. The Kier molecular flexibility index (Phi) is 4.79. The second-order valence-corrected chi connectivity index (χ2v) is 6.30. The number of nitrogens with zero attached hydrogens (tertiary/aromatic N) is 1. The van der Waals surface area contributed by atoms with Crippen molar-refractivity contribution in [1.82, 2.24) is 5.32 Å². The monoisotopic (exact) mass is 332 g/mol. The molecule has 0 radical (unpaired) electrons. The minimum Gasteiger partial charge on any atom is -0.365 e. The topological polar surface area (TPSA) is 15.3 Å². The summed E-state index contributed by atoms with van der Waals surface area (Å²) in [7, 11) is 0. The third kappa shape index (κ3) is 3.66. The highest BCUT2D eigenvalue weighted by Gasteiger charge is 2.24. The lowest BCUT2D eigenvalue weighted by Crippen LogP contribution is -2.51. The Bertz CT molecular complexity index is 428. The van der Waals surface area contributed by atoms with E-state index in [1.54, 1.807) is 0 Å². The highest BCUT2D eigenvalue weighted by atomic mass is 79.9. The molecule has 0 amide bonds. The second kappa shape index (κ2) is 6.18. The second-order valence-electron chi connectivity index (χ2n) is 5.44. The van der Waals surface area contributed by atoms with Crippen LogP contribution in [0.25, 0.3) is 0 Å². The molecule has 2 rings (SSSR count). The van der Waals surface area contributed by atoms with Crippen LogP contribution in [-0.4, -0.2) is 25.7 Å². The summed E-state index contributed by atoms with van der Waals surface area (Å²) in [5, 5.41) is 3.45. The molecule has 106 valence electrons. The van der Waals surface area contributed by atoms with Gasteiger partial charge >= 0.3 is 0 Å². The molecule has 1 aromatic carbocycles. The molecule has 1 atom stereocenters. The third-order valence-corrected chi connectivity index (χ3v) is 3.91. The summed E-state index contributed by atoms with van der Waals surface area (Å²) in [6.07, 6.45) is 1.05. The van der Waals surface area contributed by atoms with Crippen LogP contribution in [0.1, 0.15) is 20.3 Å². The molecule has 0 saturated carbocycles. The molecule has 1 saturated heterocycles. The molecule has 2 nitrogen and oxygen atoms in total. The summed E-state index contributed by atoms with van der Waals surface area (Å²) in [6, 6.07) is 2.61. The lowest BCUT2D eigenvalue weighted by molar-refractivity contribution is 0.386. The van der Waals surface area contributed by atoms with Crippen molar-refractivity contribution in [2.75, 3.05) is 24.5 Å². The quantitative estimate of drug-likeness (QED) is 0.910. The number of anilines is 1. The predicted octanol–water partition coefficient (Wildman–Crippen LogP) is 3.55. The molecule has 1 aliphatic rings. The van der Waals surface area contributed by atoms with Crippen molar-refractivity contribution in [3.05, 3.63) is 28.2 Å². The Hall–Kier alpha value is -0.680. The van der Waals surface area contributed by atoms with Gasteiger partial charge in [-0.1, -0.05) is 13.8 Å². The first-order valence-electron chi connectivity index (χ1n) is 6.60. The van der Waals surface area contributed by atoms with E-state index < -0.39 is 11.6 Å². The molecule has 1 unspecified atom stereocenters. The van der Waals surface area contributed by atoms with Gasteiger partial charge in [-0.25, -0.2) is 8.78 Å². The van der Waals surface area contributed by atoms with Crippen molar-refractivity contribution in [2.45, 2.75) is 26.3 Å². The predicted molar refractivity (Wildman–Crippen MR) is 77.5 cm³/mol. The average Bonchev–Trinajstić information content (AvgIpc) is 2.26. The van der Waals surface area contributed by atoms with Crippen LogP contribution in [0.2, 0.25) is 0 Å². The van der Waals surface area contributed by atoms with Crippen LogP contribution in [0, 0.1) is 17.6 Å². The van der Waals surface area contributed by atoms with Crippen LogP contribution >= 0.6 is 15.9 Å². The Morgan fingerprint density at radius 1 is 1.42 bits per heavy atom. The van der Waals surface area contributed by atoms with E-state index in [1.807, 2.05) is 4.90 Å². The fourth-order valence-corrected chi connectivity index (χ4v) is 3.25. The molecular weight excluding hydrogens is 314 g/mol. The normalized spacial score (nSPS) is 20.1. The van der Waals surface area contributed by atoms with Crippen molar-refractivity contribution < 1.29 is 8.78 Å². The summed E-state index contributed by atoms with van der Waals surface area (Å²) in [5.41, 5.74) is 0.469. The first kappa shape index (κ1) is 14.7. The van der Waals surface area contributed by atoms with Crippen LogP contribution in [0.15, 0.2) is 16.6 Å². The van der Waals surface area contributed by atoms with E-state index in [2.05, 4.69) is 35.1 Å². The van der Waals surface area contributed by atoms with Gasteiger partial charge in [-0.3, -0.25) is 0 Å². The van der Waals surface area contributed by atoms with Crippen molar-refractivity contribution in [3.63, 3.8) is 0 Å². The number of piperazine rings is 1. The Morgan fingerprint density at radius 2 is 2.16 bits per heavy atom. The highest BCUT2D eigenvalue weighted by Crippen LogP contribution is 2.31. The first-order valence-corrected chi connectivity index (χ1v) is 7.39. The van der Waals surface area contributed by atoms with Gasteiger partial charge in [0.15, 0.2) is 5.82 Å². The maximum absolute atomic E-state index is 14.0. The summed E-state index contributed by atoms with van der Waals surface area (Å²) >= 11 is 3.26. The SMILES string of the molecule is CC(C)CC1CN(c2c(F)cc(F)cc2Br)CCN1. The Labute approximate surface area is 121 Å². The van der Waals surface area contributed by atoms with Gasteiger partial charge in [0, 0.05) is 36.2 Å². The number of rotatable bonds is 3.